The van der Waals surface area contributed by atoms with Crippen LogP contribution in [0.15, 0.2) is 12.1 Å². The predicted octanol–water partition coefficient (Wildman–Crippen LogP) is 4.08. The molecule has 0 heterocycles. The molecular formula is C7H5Cl3S. The van der Waals surface area contributed by atoms with Gasteiger partial charge < -0.3 is 0 Å². The minimum absolute atomic E-state index is 0.474. The van der Waals surface area contributed by atoms with Crippen LogP contribution in [0.1, 0.15) is 5.56 Å². The van der Waals surface area contributed by atoms with Gasteiger partial charge in [0.25, 0.3) is 0 Å². The van der Waals surface area contributed by atoms with Gasteiger partial charge in [0.05, 0.1) is 10.0 Å². The monoisotopic (exact) mass is 226 g/mol. The molecule has 0 saturated carbocycles. The van der Waals surface area contributed by atoms with Crippen LogP contribution in [-0.2, 0) is 5.75 Å². The lowest BCUT2D eigenvalue weighted by Crippen LogP contribution is -1.80. The third-order valence-electron chi connectivity index (χ3n) is 1.26. The van der Waals surface area contributed by atoms with Crippen LogP contribution in [0.3, 0.4) is 0 Å². The molecule has 0 radical (unpaired) electrons. The third kappa shape index (κ3) is 2.19. The topological polar surface area (TPSA) is 0 Å². The van der Waals surface area contributed by atoms with Crippen LogP contribution in [0.5, 0.6) is 0 Å². The molecule has 11 heavy (non-hydrogen) atoms. The molecule has 0 amide bonds. The molecule has 60 valence electrons. The van der Waals surface area contributed by atoms with E-state index in [2.05, 4.69) is 12.6 Å². The number of hydrogen-bond acceptors (Lipinski definition) is 1. The van der Waals surface area contributed by atoms with Gasteiger partial charge in [-0.25, -0.2) is 0 Å². The first-order valence-electron chi connectivity index (χ1n) is 2.89. The van der Waals surface area contributed by atoms with E-state index in [4.69, 9.17) is 34.8 Å². The first kappa shape index (κ1) is 9.53. The molecular weight excluding hydrogens is 223 g/mol. The predicted molar refractivity (Wildman–Crippen MR) is 54.2 cm³/mol. The Bertz CT molecular complexity index is 273. The van der Waals surface area contributed by atoms with Crippen molar-refractivity contribution in [2.45, 2.75) is 5.75 Å². The summed E-state index contributed by atoms with van der Waals surface area (Å²) in [5.74, 6) is 0.565. The Morgan fingerprint density at radius 3 is 2.09 bits per heavy atom. The van der Waals surface area contributed by atoms with Crippen molar-refractivity contribution in [1.29, 1.82) is 0 Å². The van der Waals surface area contributed by atoms with Crippen LogP contribution in [0.4, 0.5) is 0 Å². The molecule has 0 aliphatic heterocycles. The van der Waals surface area contributed by atoms with Gasteiger partial charge in [0, 0.05) is 10.8 Å². The van der Waals surface area contributed by atoms with Gasteiger partial charge in [0.2, 0.25) is 0 Å². The Hall–Kier alpha value is 0.440. The zero-order chi connectivity index (χ0) is 8.43. The van der Waals surface area contributed by atoms with Crippen molar-refractivity contribution in [2.75, 3.05) is 0 Å². The molecule has 1 aromatic rings. The van der Waals surface area contributed by atoms with E-state index in [1.807, 2.05) is 0 Å². The van der Waals surface area contributed by atoms with Crippen LogP contribution in [-0.4, -0.2) is 0 Å². The Kier molecular flexibility index (Phi) is 3.38. The van der Waals surface area contributed by atoms with E-state index in [9.17, 15) is 0 Å². The normalized spacial score (nSPS) is 10.2. The van der Waals surface area contributed by atoms with E-state index in [0.29, 0.717) is 20.8 Å². The van der Waals surface area contributed by atoms with Gasteiger partial charge in [0.15, 0.2) is 0 Å². The Morgan fingerprint density at radius 2 is 1.55 bits per heavy atom. The second-order valence-electron chi connectivity index (χ2n) is 2.02. The van der Waals surface area contributed by atoms with Gasteiger partial charge >= 0.3 is 0 Å². The number of rotatable bonds is 1. The van der Waals surface area contributed by atoms with Gasteiger partial charge in [-0.1, -0.05) is 34.8 Å². The number of hydrogen-bond donors (Lipinski definition) is 1. The summed E-state index contributed by atoms with van der Waals surface area (Å²) in [5.41, 5.74) is 0.893. The van der Waals surface area contributed by atoms with Crippen molar-refractivity contribution in [3.8, 4) is 0 Å². The van der Waals surface area contributed by atoms with Gasteiger partial charge in [-0.2, -0.15) is 12.6 Å². The molecule has 4 heteroatoms. The molecule has 0 N–H and O–H groups in total. The Morgan fingerprint density at radius 1 is 1.00 bits per heavy atom. The fourth-order valence-corrected chi connectivity index (χ4v) is 1.68. The highest BCUT2D eigenvalue weighted by atomic mass is 35.5. The summed E-state index contributed by atoms with van der Waals surface area (Å²) in [6.07, 6.45) is 0. The molecule has 0 spiro atoms. The SMILES string of the molecule is SCc1cc(Cl)c(Cl)cc1Cl. The molecule has 0 aliphatic rings. The van der Waals surface area contributed by atoms with Crippen molar-refractivity contribution in [1.82, 2.24) is 0 Å². The van der Waals surface area contributed by atoms with Crippen molar-refractivity contribution >= 4 is 47.4 Å². The first-order chi connectivity index (χ1) is 5.15. The molecule has 0 unspecified atom stereocenters. The van der Waals surface area contributed by atoms with E-state index in [1.165, 1.54) is 0 Å². The minimum atomic E-state index is 0.474. The Labute approximate surface area is 85.9 Å². The van der Waals surface area contributed by atoms with Crippen molar-refractivity contribution in [3.05, 3.63) is 32.8 Å². The third-order valence-corrected chi connectivity index (χ3v) is 2.67. The number of halogens is 3. The van der Waals surface area contributed by atoms with Crippen LogP contribution < -0.4 is 0 Å². The standard InChI is InChI=1S/C7H5Cl3S/c8-5-2-7(10)6(9)1-4(5)3-11/h1-2,11H,3H2. The van der Waals surface area contributed by atoms with Crippen molar-refractivity contribution in [2.24, 2.45) is 0 Å². The molecule has 0 saturated heterocycles. The fraction of sp³-hybridized carbons (Fsp3) is 0.143. The van der Waals surface area contributed by atoms with Gasteiger partial charge in [-0.05, 0) is 17.7 Å². The van der Waals surface area contributed by atoms with Crippen molar-refractivity contribution < 1.29 is 0 Å². The number of benzene rings is 1. The maximum absolute atomic E-state index is 5.81. The smallest absolute Gasteiger partial charge is 0.0607 e. The highest BCUT2D eigenvalue weighted by molar-refractivity contribution is 7.79. The van der Waals surface area contributed by atoms with Gasteiger partial charge in [-0.15, -0.1) is 0 Å². The molecule has 0 nitrogen and oxygen atoms in total. The molecule has 0 aromatic heterocycles. The maximum atomic E-state index is 5.81. The van der Waals surface area contributed by atoms with Gasteiger partial charge in [0.1, 0.15) is 0 Å². The lowest BCUT2D eigenvalue weighted by atomic mass is 10.2. The summed E-state index contributed by atoms with van der Waals surface area (Å²) in [6.45, 7) is 0. The Balaban J connectivity index is 3.21. The summed E-state index contributed by atoms with van der Waals surface area (Å²) < 4.78 is 0. The fourth-order valence-electron chi connectivity index (χ4n) is 0.685. The van der Waals surface area contributed by atoms with E-state index in [0.717, 1.165) is 5.56 Å². The van der Waals surface area contributed by atoms with E-state index >= 15 is 0 Å². The van der Waals surface area contributed by atoms with Crippen LogP contribution in [0.25, 0.3) is 0 Å². The van der Waals surface area contributed by atoms with E-state index < -0.39 is 0 Å². The average molecular weight is 228 g/mol. The second-order valence-corrected chi connectivity index (χ2v) is 3.55. The second kappa shape index (κ2) is 3.90. The van der Waals surface area contributed by atoms with E-state index in [-0.39, 0.29) is 0 Å². The molecule has 0 aliphatic carbocycles. The van der Waals surface area contributed by atoms with E-state index in [1.54, 1.807) is 12.1 Å². The molecule has 1 rings (SSSR count). The summed E-state index contributed by atoms with van der Waals surface area (Å²) in [4.78, 5) is 0. The quantitative estimate of drug-likeness (QED) is 0.542. The molecule has 0 bridgehead atoms. The average Bonchev–Trinajstić information content (AvgIpc) is 1.97. The molecule has 0 fully saturated rings. The van der Waals surface area contributed by atoms with Crippen LogP contribution in [0.2, 0.25) is 15.1 Å². The zero-order valence-electron chi connectivity index (χ0n) is 5.44. The summed E-state index contributed by atoms with van der Waals surface area (Å²) in [6, 6.07) is 3.34. The van der Waals surface area contributed by atoms with Crippen molar-refractivity contribution in [3.63, 3.8) is 0 Å². The first-order valence-corrected chi connectivity index (χ1v) is 4.66. The molecule has 0 atom stereocenters. The number of thiol groups is 1. The largest absolute Gasteiger partial charge is 0.174 e. The molecule has 1 aromatic carbocycles. The lowest BCUT2D eigenvalue weighted by molar-refractivity contribution is 1.43. The van der Waals surface area contributed by atoms with Crippen LogP contribution >= 0.6 is 47.4 Å². The highest BCUT2D eigenvalue weighted by Gasteiger charge is 2.03. The zero-order valence-corrected chi connectivity index (χ0v) is 8.61. The summed E-state index contributed by atoms with van der Waals surface area (Å²) in [5, 5.41) is 1.59. The minimum Gasteiger partial charge on any atom is -0.174 e. The summed E-state index contributed by atoms with van der Waals surface area (Å²) >= 11 is 21.3. The van der Waals surface area contributed by atoms with Crippen LogP contribution in [0, 0.1) is 0 Å². The lowest BCUT2D eigenvalue weighted by Gasteiger charge is -2.01. The highest BCUT2D eigenvalue weighted by Crippen LogP contribution is 2.29. The van der Waals surface area contributed by atoms with Gasteiger partial charge in [-0.3, -0.25) is 0 Å². The maximum Gasteiger partial charge on any atom is 0.0607 e. The summed E-state index contributed by atoms with van der Waals surface area (Å²) in [7, 11) is 0.